The zero-order chi connectivity index (χ0) is 16.9. The molecule has 1 amide bonds. The highest BCUT2D eigenvalue weighted by molar-refractivity contribution is 9.11. The molecule has 1 saturated heterocycles. The van der Waals surface area contributed by atoms with E-state index in [0.717, 1.165) is 14.4 Å². The average molecular weight is 423 g/mol. The largest absolute Gasteiger partial charge is 0.383 e. The van der Waals surface area contributed by atoms with E-state index in [-0.39, 0.29) is 5.91 Å². The van der Waals surface area contributed by atoms with Crippen LogP contribution in [0, 0.1) is 0 Å². The molecule has 0 saturated carbocycles. The van der Waals surface area contributed by atoms with Gasteiger partial charge in [0.15, 0.2) is 5.17 Å². The van der Waals surface area contributed by atoms with Gasteiger partial charge in [-0.05, 0) is 58.0 Å². The minimum Gasteiger partial charge on any atom is -0.383 e. The number of amidine groups is 1. The number of nitrogens with zero attached hydrogens (tertiary/aromatic N) is 2. The smallest absolute Gasteiger partial charge is 0.266 e. The number of thiophene rings is 1. The van der Waals surface area contributed by atoms with Gasteiger partial charge in [-0.1, -0.05) is 18.2 Å². The minimum absolute atomic E-state index is 0.0312. The van der Waals surface area contributed by atoms with Crippen LogP contribution in [0.1, 0.15) is 4.88 Å². The topological polar surface area (TPSA) is 41.9 Å². The summed E-state index contributed by atoms with van der Waals surface area (Å²) in [7, 11) is 1.63. The van der Waals surface area contributed by atoms with Crippen LogP contribution in [0.4, 0.5) is 5.69 Å². The third-order valence-corrected chi connectivity index (χ3v) is 5.83. The molecule has 7 heteroatoms. The number of hydrogen-bond donors (Lipinski definition) is 0. The van der Waals surface area contributed by atoms with Crippen LogP contribution in [-0.2, 0) is 9.53 Å². The lowest BCUT2D eigenvalue weighted by molar-refractivity contribution is -0.122. The predicted molar refractivity (Wildman–Crippen MR) is 105 cm³/mol. The fraction of sp³-hybridized carbons (Fsp3) is 0.176. The summed E-state index contributed by atoms with van der Waals surface area (Å²) in [6.45, 7) is 0.956. The number of carbonyl (C=O) groups is 1. The van der Waals surface area contributed by atoms with Gasteiger partial charge in [-0.2, -0.15) is 0 Å². The van der Waals surface area contributed by atoms with E-state index < -0.39 is 0 Å². The van der Waals surface area contributed by atoms with Crippen LogP contribution in [-0.4, -0.2) is 36.2 Å². The Labute approximate surface area is 157 Å². The van der Waals surface area contributed by atoms with Crippen LogP contribution in [0.2, 0.25) is 0 Å². The first-order valence-corrected chi connectivity index (χ1v) is 9.69. The van der Waals surface area contributed by atoms with Gasteiger partial charge >= 0.3 is 0 Å². The molecular formula is C17H15BrN2O2S2. The number of amides is 1. The molecule has 0 aliphatic carbocycles. The molecule has 24 heavy (non-hydrogen) atoms. The zero-order valence-corrected chi connectivity index (χ0v) is 16.2. The Bertz CT molecular complexity index is 787. The molecule has 1 aromatic carbocycles. The second kappa shape index (κ2) is 8.11. The SMILES string of the molecule is COCCN1C(=O)/C(=C/c2ccc(Br)s2)SC1=Nc1ccccc1. The summed E-state index contributed by atoms with van der Waals surface area (Å²) in [5, 5.41) is 0.685. The molecule has 1 aliphatic heterocycles. The maximum atomic E-state index is 12.7. The molecule has 124 valence electrons. The summed E-state index contributed by atoms with van der Waals surface area (Å²) in [5.74, 6) is -0.0312. The predicted octanol–water partition coefficient (Wildman–Crippen LogP) is 4.76. The lowest BCUT2D eigenvalue weighted by Gasteiger charge is -2.14. The van der Waals surface area contributed by atoms with Crippen LogP contribution in [0.15, 0.2) is 56.1 Å². The number of aliphatic imine (C=N–C) groups is 1. The molecule has 3 rings (SSSR count). The summed E-state index contributed by atoms with van der Waals surface area (Å²) < 4.78 is 6.17. The molecule has 2 heterocycles. The molecule has 1 fully saturated rings. The number of methoxy groups -OCH3 is 1. The zero-order valence-electron chi connectivity index (χ0n) is 12.9. The van der Waals surface area contributed by atoms with E-state index in [9.17, 15) is 4.79 Å². The molecule has 0 N–H and O–H groups in total. The lowest BCUT2D eigenvalue weighted by atomic mass is 10.3. The Kier molecular flexibility index (Phi) is 5.89. The third-order valence-electron chi connectivity index (χ3n) is 3.26. The number of carbonyl (C=O) groups excluding carboxylic acids is 1. The fourth-order valence-corrected chi connectivity index (χ4v) is 4.58. The fourth-order valence-electron chi connectivity index (χ4n) is 2.12. The molecule has 4 nitrogen and oxygen atoms in total. The highest BCUT2D eigenvalue weighted by atomic mass is 79.9. The van der Waals surface area contributed by atoms with Crippen LogP contribution in [0.5, 0.6) is 0 Å². The maximum absolute atomic E-state index is 12.7. The van der Waals surface area contributed by atoms with Crippen molar-refractivity contribution in [3.05, 3.63) is 56.0 Å². The molecule has 1 aromatic heterocycles. The molecule has 0 atom stereocenters. The third kappa shape index (κ3) is 4.16. The number of ether oxygens (including phenoxy) is 1. The van der Waals surface area contributed by atoms with Gasteiger partial charge in [-0.25, -0.2) is 4.99 Å². The Morgan fingerprint density at radius 3 is 2.71 bits per heavy atom. The number of rotatable bonds is 5. The van der Waals surface area contributed by atoms with Crippen LogP contribution < -0.4 is 0 Å². The van der Waals surface area contributed by atoms with Crippen molar-refractivity contribution < 1.29 is 9.53 Å². The van der Waals surface area contributed by atoms with Crippen molar-refractivity contribution >= 4 is 61.9 Å². The maximum Gasteiger partial charge on any atom is 0.266 e. The number of para-hydroxylation sites is 1. The van der Waals surface area contributed by atoms with Crippen LogP contribution in [0.25, 0.3) is 6.08 Å². The van der Waals surface area contributed by atoms with E-state index in [1.165, 1.54) is 11.8 Å². The molecule has 0 spiro atoms. The van der Waals surface area contributed by atoms with Gasteiger partial charge in [0.25, 0.3) is 5.91 Å². The van der Waals surface area contributed by atoms with Crippen molar-refractivity contribution in [1.29, 1.82) is 0 Å². The van der Waals surface area contributed by atoms with Gasteiger partial charge in [0.2, 0.25) is 0 Å². The summed E-state index contributed by atoms with van der Waals surface area (Å²) in [6.07, 6.45) is 1.91. The Balaban J connectivity index is 1.90. The molecular weight excluding hydrogens is 408 g/mol. The molecule has 2 aromatic rings. The number of hydrogen-bond acceptors (Lipinski definition) is 5. The molecule has 0 radical (unpaired) electrons. The minimum atomic E-state index is -0.0312. The van der Waals surface area contributed by atoms with E-state index in [4.69, 9.17) is 4.74 Å². The highest BCUT2D eigenvalue weighted by Crippen LogP contribution is 2.35. The van der Waals surface area contributed by atoms with Gasteiger partial charge < -0.3 is 4.74 Å². The number of benzene rings is 1. The quantitative estimate of drug-likeness (QED) is 0.652. The first kappa shape index (κ1) is 17.4. The van der Waals surface area contributed by atoms with E-state index in [2.05, 4.69) is 20.9 Å². The van der Waals surface area contributed by atoms with Crippen molar-refractivity contribution in [2.75, 3.05) is 20.3 Å². The Morgan fingerprint density at radius 1 is 1.25 bits per heavy atom. The number of thioether (sulfide) groups is 1. The number of halogens is 1. The Hall–Kier alpha value is -1.41. The van der Waals surface area contributed by atoms with E-state index in [1.54, 1.807) is 23.3 Å². The van der Waals surface area contributed by atoms with Crippen LogP contribution in [0.3, 0.4) is 0 Å². The average Bonchev–Trinajstić information content (AvgIpc) is 3.11. The lowest BCUT2D eigenvalue weighted by Crippen LogP contribution is -2.32. The summed E-state index contributed by atoms with van der Waals surface area (Å²) in [6, 6.07) is 13.6. The van der Waals surface area contributed by atoms with E-state index in [0.29, 0.717) is 23.2 Å². The molecule has 0 bridgehead atoms. The molecule has 1 aliphatic rings. The van der Waals surface area contributed by atoms with Crippen molar-refractivity contribution in [2.24, 2.45) is 4.99 Å². The highest BCUT2D eigenvalue weighted by Gasteiger charge is 2.33. The van der Waals surface area contributed by atoms with Gasteiger partial charge in [-0.3, -0.25) is 9.69 Å². The van der Waals surface area contributed by atoms with Gasteiger partial charge in [0, 0.05) is 12.0 Å². The second-order valence-corrected chi connectivity index (χ2v) is 8.44. The Morgan fingerprint density at radius 2 is 2.04 bits per heavy atom. The van der Waals surface area contributed by atoms with Crippen LogP contribution >= 0.6 is 39.0 Å². The van der Waals surface area contributed by atoms with E-state index >= 15 is 0 Å². The normalized spacial score (nSPS) is 18.1. The van der Waals surface area contributed by atoms with Crippen molar-refractivity contribution in [3.63, 3.8) is 0 Å². The standard InChI is InChI=1S/C17H15BrN2O2S2/c1-22-10-9-20-16(21)14(11-13-7-8-15(18)23-13)24-17(20)19-12-5-3-2-4-6-12/h2-8,11H,9-10H2,1H3/b14-11-,19-17?. The van der Waals surface area contributed by atoms with Crippen molar-refractivity contribution in [2.45, 2.75) is 0 Å². The molecule has 0 unspecified atom stereocenters. The monoisotopic (exact) mass is 422 g/mol. The summed E-state index contributed by atoms with van der Waals surface area (Å²) in [4.78, 5) is 20.7. The van der Waals surface area contributed by atoms with Gasteiger partial charge in [-0.15, -0.1) is 11.3 Å². The van der Waals surface area contributed by atoms with E-state index in [1.807, 2.05) is 48.5 Å². The van der Waals surface area contributed by atoms with Gasteiger partial charge in [0.1, 0.15) is 0 Å². The first-order valence-electron chi connectivity index (χ1n) is 7.27. The second-order valence-electron chi connectivity index (χ2n) is 4.93. The summed E-state index contributed by atoms with van der Waals surface area (Å²) in [5.41, 5.74) is 0.829. The van der Waals surface area contributed by atoms with Gasteiger partial charge in [0.05, 0.1) is 27.5 Å². The summed E-state index contributed by atoms with van der Waals surface area (Å²) >= 11 is 6.44. The van der Waals surface area contributed by atoms with Crippen molar-refractivity contribution in [3.8, 4) is 0 Å². The first-order chi connectivity index (χ1) is 11.7. The van der Waals surface area contributed by atoms with Crippen molar-refractivity contribution in [1.82, 2.24) is 4.90 Å².